The van der Waals surface area contributed by atoms with Gasteiger partial charge in [-0.3, -0.25) is 4.72 Å². The maximum absolute atomic E-state index is 12.7. The maximum Gasteiger partial charge on any atom is 0.446 e. The number of rotatable bonds is 4. The summed E-state index contributed by atoms with van der Waals surface area (Å²) < 4.78 is 65.6. The van der Waals surface area contributed by atoms with Crippen molar-refractivity contribution in [3.8, 4) is 0 Å². The van der Waals surface area contributed by atoms with Crippen molar-refractivity contribution in [1.82, 2.24) is 0 Å². The van der Waals surface area contributed by atoms with Crippen LogP contribution in [-0.2, 0) is 16.4 Å². The van der Waals surface area contributed by atoms with Crippen molar-refractivity contribution in [2.75, 3.05) is 4.72 Å². The molecular weight excluding hydrogens is 383 g/mol. The van der Waals surface area contributed by atoms with E-state index in [-0.39, 0.29) is 33.7 Å². The van der Waals surface area contributed by atoms with E-state index in [0.29, 0.717) is 12.0 Å². The Kier molecular flexibility index (Phi) is 5.07. The van der Waals surface area contributed by atoms with E-state index in [1.807, 2.05) is 6.92 Å². The SMILES string of the molecule is Cc1ccc(S(=O)(=O)Nc2cccc3c2C=C(SC(F)(F)F)CC3)cc1. The zero-order chi connectivity index (χ0) is 18.9. The molecule has 0 aromatic heterocycles. The molecule has 0 radical (unpaired) electrons. The molecule has 1 aliphatic carbocycles. The summed E-state index contributed by atoms with van der Waals surface area (Å²) in [5.41, 5.74) is -1.85. The topological polar surface area (TPSA) is 46.2 Å². The molecule has 3 nitrogen and oxygen atoms in total. The standard InChI is InChI=1S/C18H16F3NO2S2/c1-12-5-9-15(10-6-12)26(23,24)22-17-4-2-3-13-7-8-14(11-16(13)17)25-18(19,20)21/h2-6,9-11,22H,7-8H2,1H3. The number of benzene rings is 2. The smallest absolute Gasteiger partial charge is 0.279 e. The number of fused-ring (bicyclic) bond motifs is 1. The van der Waals surface area contributed by atoms with E-state index in [1.54, 1.807) is 30.3 Å². The van der Waals surface area contributed by atoms with Crippen LogP contribution in [0.2, 0.25) is 0 Å². The summed E-state index contributed by atoms with van der Waals surface area (Å²) in [6.45, 7) is 1.85. The van der Waals surface area contributed by atoms with Gasteiger partial charge in [-0.15, -0.1) is 0 Å². The summed E-state index contributed by atoms with van der Waals surface area (Å²) in [6, 6.07) is 11.4. The quantitative estimate of drug-likeness (QED) is 0.755. The van der Waals surface area contributed by atoms with E-state index < -0.39 is 15.5 Å². The number of anilines is 1. The van der Waals surface area contributed by atoms with Crippen molar-refractivity contribution >= 4 is 33.5 Å². The van der Waals surface area contributed by atoms with Gasteiger partial charge in [0, 0.05) is 5.56 Å². The van der Waals surface area contributed by atoms with Gasteiger partial charge in [-0.05, 0) is 66.3 Å². The summed E-state index contributed by atoms with van der Waals surface area (Å²) in [4.78, 5) is 0.275. The third kappa shape index (κ3) is 4.42. The minimum atomic E-state index is -4.36. The molecule has 0 amide bonds. The van der Waals surface area contributed by atoms with E-state index in [2.05, 4.69) is 4.72 Å². The van der Waals surface area contributed by atoms with Crippen molar-refractivity contribution in [2.45, 2.75) is 30.2 Å². The highest BCUT2D eigenvalue weighted by Gasteiger charge is 2.31. The van der Waals surface area contributed by atoms with E-state index in [0.717, 1.165) is 11.1 Å². The van der Waals surface area contributed by atoms with E-state index in [1.165, 1.54) is 18.2 Å². The predicted octanol–water partition coefficient (Wildman–Crippen LogP) is 5.34. The average molecular weight is 399 g/mol. The summed E-state index contributed by atoms with van der Waals surface area (Å²) in [7, 11) is -3.82. The van der Waals surface area contributed by atoms with Crippen molar-refractivity contribution in [1.29, 1.82) is 0 Å². The van der Waals surface area contributed by atoms with Crippen LogP contribution in [0.3, 0.4) is 0 Å². The third-order valence-electron chi connectivity index (χ3n) is 3.96. The van der Waals surface area contributed by atoms with Gasteiger partial charge in [-0.25, -0.2) is 8.42 Å². The number of alkyl halides is 3. The predicted molar refractivity (Wildman–Crippen MR) is 98.4 cm³/mol. The van der Waals surface area contributed by atoms with Gasteiger partial charge in [-0.1, -0.05) is 29.8 Å². The Morgan fingerprint density at radius 3 is 2.38 bits per heavy atom. The number of halogens is 3. The number of allylic oxidation sites excluding steroid dienone is 1. The first-order chi connectivity index (χ1) is 12.1. The monoisotopic (exact) mass is 399 g/mol. The summed E-state index contributed by atoms with van der Waals surface area (Å²) in [5.74, 6) is 0. The normalized spacial score (nSPS) is 14.5. The average Bonchev–Trinajstić information content (AvgIpc) is 2.54. The Bertz CT molecular complexity index is 949. The second-order valence-electron chi connectivity index (χ2n) is 5.96. The lowest BCUT2D eigenvalue weighted by Gasteiger charge is -2.20. The molecule has 2 aromatic carbocycles. The second kappa shape index (κ2) is 7.00. The Balaban J connectivity index is 1.95. The molecule has 8 heteroatoms. The molecule has 0 spiro atoms. The lowest BCUT2D eigenvalue weighted by atomic mass is 9.96. The Labute approximate surface area is 154 Å². The molecular formula is C18H16F3NO2S2. The first kappa shape index (κ1) is 18.8. The zero-order valence-electron chi connectivity index (χ0n) is 13.8. The summed E-state index contributed by atoms with van der Waals surface area (Å²) in [6.07, 6.45) is 2.14. The van der Waals surface area contributed by atoms with Crippen LogP contribution in [0.15, 0.2) is 52.3 Å². The van der Waals surface area contributed by atoms with Crippen LogP contribution in [0.4, 0.5) is 18.9 Å². The van der Waals surface area contributed by atoms with Crippen LogP contribution in [0.5, 0.6) is 0 Å². The molecule has 1 aliphatic rings. The molecule has 2 aromatic rings. The number of aryl methyl sites for hydroxylation is 2. The van der Waals surface area contributed by atoms with Crippen LogP contribution in [0, 0.1) is 6.92 Å². The van der Waals surface area contributed by atoms with Crippen LogP contribution >= 0.6 is 11.8 Å². The first-order valence-corrected chi connectivity index (χ1v) is 10.1. The van der Waals surface area contributed by atoms with Gasteiger partial charge in [0.25, 0.3) is 10.0 Å². The van der Waals surface area contributed by atoms with Gasteiger partial charge in [0.1, 0.15) is 0 Å². The fourth-order valence-corrected chi connectivity index (χ4v) is 4.49. The van der Waals surface area contributed by atoms with Crippen LogP contribution in [0.25, 0.3) is 6.08 Å². The molecule has 1 N–H and O–H groups in total. The minimum Gasteiger partial charge on any atom is -0.279 e. The van der Waals surface area contributed by atoms with Crippen LogP contribution < -0.4 is 4.72 Å². The van der Waals surface area contributed by atoms with E-state index in [9.17, 15) is 21.6 Å². The van der Waals surface area contributed by atoms with Gasteiger partial charge in [0.05, 0.1) is 10.6 Å². The molecule has 0 saturated carbocycles. The van der Waals surface area contributed by atoms with Crippen LogP contribution in [-0.4, -0.2) is 13.9 Å². The molecule has 3 rings (SSSR count). The number of hydrogen-bond donors (Lipinski definition) is 1. The van der Waals surface area contributed by atoms with Crippen molar-refractivity contribution < 1.29 is 21.6 Å². The summed E-state index contributed by atoms with van der Waals surface area (Å²) in [5, 5.41) is 0. The second-order valence-corrected chi connectivity index (χ2v) is 8.83. The fraction of sp³-hybridized carbons (Fsp3) is 0.222. The molecule has 138 valence electrons. The Morgan fingerprint density at radius 2 is 1.73 bits per heavy atom. The molecule has 0 atom stereocenters. The van der Waals surface area contributed by atoms with Gasteiger partial charge < -0.3 is 0 Å². The van der Waals surface area contributed by atoms with Gasteiger partial charge >= 0.3 is 5.51 Å². The van der Waals surface area contributed by atoms with Crippen molar-refractivity contribution in [3.05, 3.63) is 64.1 Å². The fourth-order valence-electron chi connectivity index (χ4n) is 2.73. The molecule has 26 heavy (non-hydrogen) atoms. The van der Waals surface area contributed by atoms with Crippen molar-refractivity contribution in [3.63, 3.8) is 0 Å². The lowest BCUT2D eigenvalue weighted by Crippen LogP contribution is -2.15. The summed E-state index contributed by atoms with van der Waals surface area (Å²) >= 11 is -0.150. The number of hydrogen-bond acceptors (Lipinski definition) is 3. The van der Waals surface area contributed by atoms with E-state index in [4.69, 9.17) is 0 Å². The molecule has 0 heterocycles. The highest BCUT2D eigenvalue weighted by atomic mass is 32.2. The Morgan fingerprint density at radius 1 is 1.04 bits per heavy atom. The Hall–Kier alpha value is -1.93. The lowest BCUT2D eigenvalue weighted by molar-refractivity contribution is -0.0322. The van der Waals surface area contributed by atoms with Crippen LogP contribution in [0.1, 0.15) is 23.1 Å². The van der Waals surface area contributed by atoms with Gasteiger partial charge in [-0.2, -0.15) is 13.2 Å². The number of sulfonamides is 1. The highest BCUT2D eigenvalue weighted by molar-refractivity contribution is 8.04. The largest absolute Gasteiger partial charge is 0.446 e. The van der Waals surface area contributed by atoms with Crippen molar-refractivity contribution in [2.24, 2.45) is 0 Å². The number of nitrogens with one attached hydrogen (secondary N) is 1. The molecule has 0 aliphatic heterocycles. The maximum atomic E-state index is 12.7. The zero-order valence-corrected chi connectivity index (χ0v) is 15.4. The van der Waals surface area contributed by atoms with Gasteiger partial charge in [0.15, 0.2) is 0 Å². The minimum absolute atomic E-state index is 0.102. The molecule has 0 unspecified atom stereocenters. The molecule has 0 saturated heterocycles. The number of thioether (sulfide) groups is 1. The third-order valence-corrected chi connectivity index (χ3v) is 6.16. The highest BCUT2D eigenvalue weighted by Crippen LogP contribution is 2.42. The molecule has 0 bridgehead atoms. The molecule has 0 fully saturated rings. The first-order valence-electron chi connectivity index (χ1n) is 7.82. The van der Waals surface area contributed by atoms with Gasteiger partial charge in [0.2, 0.25) is 0 Å². The van der Waals surface area contributed by atoms with E-state index >= 15 is 0 Å².